The maximum atomic E-state index is 12.5. The Morgan fingerprint density at radius 1 is 1.38 bits per heavy atom. The van der Waals surface area contributed by atoms with Gasteiger partial charge in [0, 0.05) is 17.6 Å². The smallest absolute Gasteiger partial charge is 0.230 e. The van der Waals surface area contributed by atoms with Gasteiger partial charge in [-0.05, 0) is 31.9 Å². The quantitative estimate of drug-likeness (QED) is 0.800. The van der Waals surface area contributed by atoms with Crippen LogP contribution in [0.2, 0.25) is 5.02 Å². The molecule has 0 aliphatic carbocycles. The van der Waals surface area contributed by atoms with Gasteiger partial charge >= 0.3 is 0 Å². The lowest BCUT2D eigenvalue weighted by Crippen LogP contribution is -2.48. The van der Waals surface area contributed by atoms with E-state index in [0.29, 0.717) is 11.6 Å². The number of nitrogens with two attached hydrogens (primary N) is 1. The highest BCUT2D eigenvalue weighted by molar-refractivity contribution is 6.31. The molecule has 0 saturated heterocycles. The lowest BCUT2D eigenvalue weighted by atomic mass is 9.83. The molecule has 0 spiro atoms. The SMILES string of the molecule is CCCCC(CN)NC(=O)C(C)(C)c1ccccc1Cl.Cl. The molecule has 3 N–H and O–H groups in total. The van der Waals surface area contributed by atoms with Crippen molar-refractivity contribution in [1.82, 2.24) is 5.32 Å². The molecule has 5 heteroatoms. The van der Waals surface area contributed by atoms with Crippen molar-refractivity contribution in [2.75, 3.05) is 6.54 Å². The fourth-order valence-corrected chi connectivity index (χ4v) is 2.53. The van der Waals surface area contributed by atoms with Gasteiger partial charge in [0.1, 0.15) is 0 Å². The van der Waals surface area contributed by atoms with E-state index in [1.165, 1.54) is 0 Å². The molecule has 0 heterocycles. The largest absolute Gasteiger partial charge is 0.351 e. The molecule has 1 amide bonds. The molecule has 3 nitrogen and oxygen atoms in total. The Labute approximate surface area is 139 Å². The van der Waals surface area contributed by atoms with Crippen molar-refractivity contribution in [1.29, 1.82) is 0 Å². The summed E-state index contributed by atoms with van der Waals surface area (Å²) in [5.74, 6) is -0.0304. The summed E-state index contributed by atoms with van der Waals surface area (Å²) in [6, 6.07) is 7.50. The number of carbonyl (C=O) groups excluding carboxylic acids is 1. The van der Waals surface area contributed by atoms with Crippen molar-refractivity contribution in [3.8, 4) is 0 Å². The van der Waals surface area contributed by atoms with E-state index < -0.39 is 5.41 Å². The lowest BCUT2D eigenvalue weighted by Gasteiger charge is -2.28. The number of hydrogen-bond donors (Lipinski definition) is 2. The molecular weight excluding hydrogens is 307 g/mol. The Morgan fingerprint density at radius 2 is 2.00 bits per heavy atom. The van der Waals surface area contributed by atoms with Gasteiger partial charge in [0.25, 0.3) is 0 Å². The number of carbonyl (C=O) groups is 1. The molecule has 1 atom stereocenters. The van der Waals surface area contributed by atoms with Crippen LogP contribution in [-0.4, -0.2) is 18.5 Å². The van der Waals surface area contributed by atoms with Gasteiger partial charge in [-0.1, -0.05) is 49.6 Å². The number of hydrogen-bond acceptors (Lipinski definition) is 2. The van der Waals surface area contributed by atoms with E-state index in [9.17, 15) is 4.79 Å². The van der Waals surface area contributed by atoms with Crippen LogP contribution in [0.5, 0.6) is 0 Å². The minimum absolute atomic E-state index is 0. The molecule has 0 radical (unpaired) electrons. The minimum atomic E-state index is -0.669. The fourth-order valence-electron chi connectivity index (χ4n) is 2.16. The van der Waals surface area contributed by atoms with E-state index in [2.05, 4.69) is 12.2 Å². The van der Waals surface area contributed by atoms with Crippen LogP contribution in [0.25, 0.3) is 0 Å². The Morgan fingerprint density at radius 3 is 2.52 bits per heavy atom. The zero-order valence-corrected chi connectivity index (χ0v) is 14.6. The predicted molar refractivity (Wildman–Crippen MR) is 92.2 cm³/mol. The molecule has 0 aliphatic heterocycles. The predicted octanol–water partition coefficient (Wildman–Crippen LogP) is 3.67. The summed E-state index contributed by atoms with van der Waals surface area (Å²) in [5, 5.41) is 3.66. The number of rotatable bonds is 7. The third-order valence-corrected chi connectivity index (χ3v) is 3.97. The molecule has 21 heavy (non-hydrogen) atoms. The van der Waals surface area contributed by atoms with Gasteiger partial charge in [0.15, 0.2) is 0 Å². The minimum Gasteiger partial charge on any atom is -0.351 e. The van der Waals surface area contributed by atoms with Crippen molar-refractivity contribution in [2.45, 2.75) is 51.5 Å². The average Bonchev–Trinajstić information content (AvgIpc) is 2.43. The van der Waals surface area contributed by atoms with Crippen molar-refractivity contribution in [3.63, 3.8) is 0 Å². The van der Waals surface area contributed by atoms with Gasteiger partial charge in [-0.25, -0.2) is 0 Å². The van der Waals surface area contributed by atoms with Gasteiger partial charge in [-0.15, -0.1) is 12.4 Å². The third kappa shape index (κ3) is 5.50. The van der Waals surface area contributed by atoms with E-state index in [1.54, 1.807) is 0 Å². The van der Waals surface area contributed by atoms with Gasteiger partial charge in [-0.3, -0.25) is 4.79 Å². The number of amides is 1. The van der Waals surface area contributed by atoms with E-state index in [1.807, 2.05) is 38.1 Å². The van der Waals surface area contributed by atoms with Crippen LogP contribution >= 0.6 is 24.0 Å². The zero-order valence-electron chi connectivity index (χ0n) is 13.0. The molecule has 1 aromatic carbocycles. The normalized spacial score (nSPS) is 12.4. The molecule has 0 aliphatic rings. The molecule has 1 rings (SSSR count). The van der Waals surface area contributed by atoms with E-state index in [0.717, 1.165) is 24.8 Å². The van der Waals surface area contributed by atoms with Crippen LogP contribution in [0, 0.1) is 0 Å². The Balaban J connectivity index is 0.00000400. The Kier molecular flexibility index (Phi) is 8.95. The van der Waals surface area contributed by atoms with Gasteiger partial charge in [-0.2, -0.15) is 0 Å². The van der Waals surface area contributed by atoms with Crippen LogP contribution in [0.15, 0.2) is 24.3 Å². The average molecular weight is 333 g/mol. The standard InChI is InChI=1S/C16H25ClN2O.ClH/c1-4-5-8-12(11-18)19-15(20)16(2,3)13-9-6-7-10-14(13)17;/h6-7,9-10,12H,4-5,8,11,18H2,1-3H3,(H,19,20);1H. The van der Waals surface area contributed by atoms with Gasteiger partial charge < -0.3 is 11.1 Å². The first kappa shape index (κ1) is 20.2. The molecule has 1 unspecified atom stereocenters. The summed E-state index contributed by atoms with van der Waals surface area (Å²) >= 11 is 6.20. The number of benzene rings is 1. The molecule has 0 bridgehead atoms. The van der Waals surface area contributed by atoms with E-state index >= 15 is 0 Å². The number of halogens is 2. The summed E-state index contributed by atoms with van der Waals surface area (Å²) in [6.07, 6.45) is 3.08. The topological polar surface area (TPSA) is 55.1 Å². The molecule has 120 valence electrons. The van der Waals surface area contributed by atoms with Crippen LogP contribution in [0.4, 0.5) is 0 Å². The van der Waals surface area contributed by atoms with Crippen LogP contribution in [0.3, 0.4) is 0 Å². The molecule has 0 aromatic heterocycles. The highest BCUT2D eigenvalue weighted by atomic mass is 35.5. The molecule has 1 aromatic rings. The summed E-state index contributed by atoms with van der Waals surface area (Å²) in [7, 11) is 0. The summed E-state index contributed by atoms with van der Waals surface area (Å²) in [6.45, 7) is 6.36. The first-order valence-corrected chi connectivity index (χ1v) is 7.57. The first-order valence-electron chi connectivity index (χ1n) is 7.19. The van der Waals surface area contributed by atoms with Gasteiger partial charge in [0.2, 0.25) is 5.91 Å². The number of unbranched alkanes of at least 4 members (excludes halogenated alkanes) is 1. The second-order valence-corrected chi connectivity index (χ2v) is 6.06. The molecule has 0 saturated carbocycles. The second kappa shape index (κ2) is 9.29. The monoisotopic (exact) mass is 332 g/mol. The molecule has 0 fully saturated rings. The number of nitrogens with one attached hydrogen (secondary N) is 1. The van der Waals surface area contributed by atoms with Crippen molar-refractivity contribution in [3.05, 3.63) is 34.9 Å². The Hall–Kier alpha value is -0.770. The van der Waals surface area contributed by atoms with Crippen LogP contribution in [0.1, 0.15) is 45.6 Å². The summed E-state index contributed by atoms with van der Waals surface area (Å²) < 4.78 is 0. The maximum Gasteiger partial charge on any atom is 0.230 e. The van der Waals surface area contributed by atoms with Crippen molar-refractivity contribution < 1.29 is 4.79 Å². The maximum absolute atomic E-state index is 12.5. The van der Waals surface area contributed by atoms with E-state index in [4.69, 9.17) is 17.3 Å². The lowest BCUT2D eigenvalue weighted by molar-refractivity contribution is -0.126. The highest BCUT2D eigenvalue weighted by Gasteiger charge is 2.32. The highest BCUT2D eigenvalue weighted by Crippen LogP contribution is 2.30. The van der Waals surface area contributed by atoms with Crippen LogP contribution < -0.4 is 11.1 Å². The third-order valence-electron chi connectivity index (χ3n) is 3.64. The van der Waals surface area contributed by atoms with E-state index in [-0.39, 0.29) is 24.4 Å². The fraction of sp³-hybridized carbons (Fsp3) is 0.562. The summed E-state index contributed by atoms with van der Waals surface area (Å²) in [4.78, 5) is 12.5. The Bertz CT molecular complexity index is 450. The second-order valence-electron chi connectivity index (χ2n) is 5.65. The van der Waals surface area contributed by atoms with Gasteiger partial charge in [0.05, 0.1) is 5.41 Å². The summed E-state index contributed by atoms with van der Waals surface area (Å²) in [5.41, 5.74) is 5.90. The van der Waals surface area contributed by atoms with Crippen molar-refractivity contribution >= 4 is 29.9 Å². The molecular formula is C16H26Cl2N2O. The first-order chi connectivity index (χ1) is 9.43. The van der Waals surface area contributed by atoms with Crippen LogP contribution in [-0.2, 0) is 10.2 Å². The van der Waals surface area contributed by atoms with Crippen molar-refractivity contribution in [2.24, 2.45) is 5.73 Å². The zero-order chi connectivity index (χ0) is 15.2.